The van der Waals surface area contributed by atoms with Gasteiger partial charge >= 0.3 is 5.97 Å². The number of ether oxygens (including phenoxy) is 4. The lowest BCUT2D eigenvalue weighted by Crippen LogP contribution is -2.09. The molecular weight excluding hydrogens is 388 g/mol. The van der Waals surface area contributed by atoms with E-state index in [4.69, 9.17) is 18.9 Å². The number of rotatable bonds is 8. The van der Waals surface area contributed by atoms with Gasteiger partial charge in [0.05, 0.1) is 37.5 Å². The minimum absolute atomic E-state index is 0.290. The smallest absolute Gasteiger partial charge is 0.338 e. The van der Waals surface area contributed by atoms with Gasteiger partial charge in [0.1, 0.15) is 5.75 Å². The van der Waals surface area contributed by atoms with Crippen molar-refractivity contribution in [1.29, 1.82) is 0 Å². The highest BCUT2D eigenvalue weighted by molar-refractivity contribution is 9.10. The van der Waals surface area contributed by atoms with Crippen molar-refractivity contribution in [3.05, 3.63) is 52.0 Å². The molecule has 0 unspecified atom stereocenters. The Morgan fingerprint density at radius 2 is 1.80 bits per heavy atom. The maximum atomic E-state index is 12.3. The number of benzene rings is 2. The second-order valence-electron chi connectivity index (χ2n) is 5.16. The molecular formula is C19H21BrO5. The molecule has 0 radical (unpaired) electrons. The Morgan fingerprint density at radius 1 is 1.08 bits per heavy atom. The third kappa shape index (κ3) is 5.13. The van der Waals surface area contributed by atoms with Crippen LogP contribution >= 0.6 is 15.9 Å². The fraction of sp³-hybridized carbons (Fsp3) is 0.316. The molecule has 2 rings (SSSR count). The van der Waals surface area contributed by atoms with Gasteiger partial charge in [-0.3, -0.25) is 0 Å². The van der Waals surface area contributed by atoms with Crippen molar-refractivity contribution in [2.24, 2.45) is 0 Å². The zero-order chi connectivity index (χ0) is 18.2. The van der Waals surface area contributed by atoms with E-state index in [1.54, 1.807) is 26.4 Å². The Bertz CT molecular complexity index is 712. The van der Waals surface area contributed by atoms with Gasteiger partial charge in [-0.25, -0.2) is 4.79 Å². The second-order valence-corrected chi connectivity index (χ2v) is 6.01. The number of hydrogen-bond acceptors (Lipinski definition) is 5. The van der Waals surface area contributed by atoms with E-state index < -0.39 is 5.97 Å². The van der Waals surface area contributed by atoms with Gasteiger partial charge in [0.25, 0.3) is 0 Å². The van der Waals surface area contributed by atoms with Gasteiger partial charge < -0.3 is 18.9 Å². The summed E-state index contributed by atoms with van der Waals surface area (Å²) in [7, 11) is 3.18. The summed E-state index contributed by atoms with van der Waals surface area (Å²) in [4.78, 5) is 12.3. The lowest BCUT2D eigenvalue weighted by Gasteiger charge is -2.13. The molecule has 2 aromatic rings. The van der Waals surface area contributed by atoms with Crippen molar-refractivity contribution in [2.75, 3.05) is 27.4 Å². The molecule has 0 aliphatic carbocycles. The van der Waals surface area contributed by atoms with Gasteiger partial charge in [-0.1, -0.05) is 12.1 Å². The first-order valence-electron chi connectivity index (χ1n) is 7.89. The van der Waals surface area contributed by atoms with Crippen LogP contribution in [0.4, 0.5) is 0 Å². The summed E-state index contributed by atoms with van der Waals surface area (Å²) in [5.74, 6) is 1.45. The molecule has 0 saturated heterocycles. The number of carbonyl (C=O) groups excluding carboxylic acids is 1. The topological polar surface area (TPSA) is 54.0 Å². The standard InChI is InChI=1S/C19H21BrO5/c1-4-24-17-12-14(11-16(20)18(17)23-3)19(21)25-10-9-13-5-7-15(22-2)8-6-13/h5-8,11-12H,4,9-10H2,1-3H3. The molecule has 0 aliphatic rings. The highest BCUT2D eigenvalue weighted by Gasteiger charge is 2.16. The highest BCUT2D eigenvalue weighted by atomic mass is 79.9. The molecule has 0 aromatic heterocycles. The van der Waals surface area contributed by atoms with Gasteiger partial charge in [-0.15, -0.1) is 0 Å². The SMILES string of the molecule is CCOc1cc(C(=O)OCCc2ccc(OC)cc2)cc(Br)c1OC. The third-order valence-corrected chi connectivity index (χ3v) is 4.12. The molecule has 134 valence electrons. The zero-order valence-corrected chi connectivity index (χ0v) is 16.1. The Balaban J connectivity index is 2.00. The van der Waals surface area contributed by atoms with Crippen LogP contribution in [0.25, 0.3) is 0 Å². The van der Waals surface area contributed by atoms with Crippen molar-refractivity contribution in [1.82, 2.24) is 0 Å². The summed E-state index contributed by atoms with van der Waals surface area (Å²) in [6, 6.07) is 11.0. The van der Waals surface area contributed by atoms with Crippen LogP contribution in [0, 0.1) is 0 Å². The molecule has 0 N–H and O–H groups in total. The maximum Gasteiger partial charge on any atom is 0.338 e. The van der Waals surface area contributed by atoms with Gasteiger partial charge in [0.2, 0.25) is 0 Å². The number of methoxy groups -OCH3 is 2. The normalized spacial score (nSPS) is 10.2. The minimum atomic E-state index is -0.405. The highest BCUT2D eigenvalue weighted by Crippen LogP contribution is 2.36. The van der Waals surface area contributed by atoms with Crippen LogP contribution in [0.15, 0.2) is 40.9 Å². The Hall–Kier alpha value is -2.21. The van der Waals surface area contributed by atoms with Crippen LogP contribution < -0.4 is 14.2 Å². The average molecular weight is 409 g/mol. The van der Waals surface area contributed by atoms with Crippen LogP contribution in [0.5, 0.6) is 17.2 Å². The molecule has 0 spiro atoms. The summed E-state index contributed by atoms with van der Waals surface area (Å²) in [6.07, 6.45) is 0.630. The first-order chi connectivity index (χ1) is 12.1. The van der Waals surface area contributed by atoms with Crippen LogP contribution in [0.1, 0.15) is 22.8 Å². The van der Waals surface area contributed by atoms with Crippen molar-refractivity contribution in [2.45, 2.75) is 13.3 Å². The van der Waals surface area contributed by atoms with Crippen molar-refractivity contribution in [3.63, 3.8) is 0 Å². The number of halogens is 1. The molecule has 0 saturated carbocycles. The molecule has 2 aromatic carbocycles. The van der Waals surface area contributed by atoms with Gasteiger partial charge in [-0.05, 0) is 52.7 Å². The third-order valence-electron chi connectivity index (χ3n) is 3.53. The Labute approximate surface area is 156 Å². The molecule has 6 heteroatoms. The van der Waals surface area contributed by atoms with Crippen molar-refractivity contribution >= 4 is 21.9 Å². The molecule has 0 aliphatic heterocycles. The van der Waals surface area contributed by atoms with E-state index in [0.717, 1.165) is 11.3 Å². The molecule has 5 nitrogen and oxygen atoms in total. The van der Waals surface area contributed by atoms with E-state index in [1.165, 1.54) is 0 Å². The van der Waals surface area contributed by atoms with Crippen LogP contribution in [-0.2, 0) is 11.2 Å². The fourth-order valence-corrected chi connectivity index (χ4v) is 2.89. The molecule has 0 amide bonds. The maximum absolute atomic E-state index is 12.3. The lowest BCUT2D eigenvalue weighted by atomic mass is 10.1. The molecule has 0 bridgehead atoms. The number of hydrogen-bond donors (Lipinski definition) is 0. The van der Waals surface area contributed by atoms with Gasteiger partial charge in [0, 0.05) is 6.42 Å². The van der Waals surface area contributed by atoms with Gasteiger partial charge in [0.15, 0.2) is 11.5 Å². The first-order valence-corrected chi connectivity index (χ1v) is 8.68. The quantitative estimate of drug-likeness (QED) is 0.610. The Morgan fingerprint density at radius 3 is 2.40 bits per heavy atom. The zero-order valence-electron chi connectivity index (χ0n) is 14.5. The van der Waals surface area contributed by atoms with Crippen LogP contribution in [-0.4, -0.2) is 33.4 Å². The van der Waals surface area contributed by atoms with E-state index in [1.807, 2.05) is 31.2 Å². The van der Waals surface area contributed by atoms with Crippen molar-refractivity contribution < 1.29 is 23.7 Å². The van der Waals surface area contributed by atoms with E-state index in [0.29, 0.717) is 41.2 Å². The summed E-state index contributed by atoms with van der Waals surface area (Å²) in [6.45, 7) is 2.63. The predicted molar refractivity (Wildman–Crippen MR) is 98.8 cm³/mol. The summed E-state index contributed by atoms with van der Waals surface area (Å²) in [5.41, 5.74) is 1.48. The summed E-state index contributed by atoms with van der Waals surface area (Å²) < 4.78 is 21.9. The summed E-state index contributed by atoms with van der Waals surface area (Å²) in [5, 5.41) is 0. The first kappa shape index (κ1) is 19.1. The van der Waals surface area contributed by atoms with E-state index in [9.17, 15) is 4.79 Å². The Kier molecular flexibility index (Phi) is 7.13. The predicted octanol–water partition coefficient (Wildman–Crippen LogP) is 4.26. The van der Waals surface area contributed by atoms with E-state index in [-0.39, 0.29) is 0 Å². The summed E-state index contributed by atoms with van der Waals surface area (Å²) >= 11 is 3.39. The second kappa shape index (κ2) is 9.32. The van der Waals surface area contributed by atoms with Crippen molar-refractivity contribution in [3.8, 4) is 17.2 Å². The minimum Gasteiger partial charge on any atom is -0.497 e. The monoisotopic (exact) mass is 408 g/mol. The van der Waals surface area contributed by atoms with Crippen LogP contribution in [0.2, 0.25) is 0 Å². The average Bonchev–Trinajstić information content (AvgIpc) is 2.62. The number of esters is 1. The van der Waals surface area contributed by atoms with Crippen LogP contribution in [0.3, 0.4) is 0 Å². The molecule has 0 fully saturated rings. The fourth-order valence-electron chi connectivity index (χ4n) is 2.28. The number of carbonyl (C=O) groups is 1. The van der Waals surface area contributed by atoms with E-state index >= 15 is 0 Å². The molecule has 0 heterocycles. The van der Waals surface area contributed by atoms with Gasteiger partial charge in [-0.2, -0.15) is 0 Å². The lowest BCUT2D eigenvalue weighted by molar-refractivity contribution is 0.0508. The molecule has 0 atom stereocenters. The largest absolute Gasteiger partial charge is 0.497 e. The van der Waals surface area contributed by atoms with E-state index in [2.05, 4.69) is 15.9 Å². The molecule has 25 heavy (non-hydrogen) atoms.